The van der Waals surface area contributed by atoms with E-state index in [2.05, 4.69) is 16.9 Å². The molecule has 2 aromatic rings. The summed E-state index contributed by atoms with van der Waals surface area (Å²) < 4.78 is 2.04. The van der Waals surface area contributed by atoms with Crippen LogP contribution >= 0.6 is 11.6 Å². The fraction of sp³-hybridized carbons (Fsp3) is 0.400. The zero-order valence-corrected chi connectivity index (χ0v) is 12.7. The first-order valence-corrected chi connectivity index (χ1v) is 7.10. The standard InChI is InChI=1S/C15H21ClN4/c1-19(11-15-18-8-10-20(15)2)9-7-14(17)12-3-5-13(16)6-4-12/h3-6,8,10,14H,7,9,11,17H2,1-2H3. The molecule has 1 heterocycles. The Bertz CT molecular complexity index is 535. The lowest BCUT2D eigenvalue weighted by atomic mass is 10.0. The third-order valence-corrected chi connectivity index (χ3v) is 3.70. The van der Waals surface area contributed by atoms with E-state index in [0.29, 0.717) is 0 Å². The zero-order chi connectivity index (χ0) is 14.5. The predicted octanol–water partition coefficient (Wildman–Crippen LogP) is 2.60. The van der Waals surface area contributed by atoms with Crippen molar-refractivity contribution in [2.45, 2.75) is 19.0 Å². The molecule has 1 unspecified atom stereocenters. The number of benzene rings is 1. The van der Waals surface area contributed by atoms with Crippen LogP contribution in [-0.4, -0.2) is 28.0 Å². The van der Waals surface area contributed by atoms with Crippen LogP contribution in [0.15, 0.2) is 36.7 Å². The summed E-state index contributed by atoms with van der Waals surface area (Å²) in [6.45, 7) is 1.76. The maximum atomic E-state index is 6.21. The second-order valence-corrected chi connectivity index (χ2v) is 5.58. The summed E-state index contributed by atoms with van der Waals surface area (Å²) in [7, 11) is 4.10. The van der Waals surface area contributed by atoms with Gasteiger partial charge in [-0.15, -0.1) is 0 Å². The monoisotopic (exact) mass is 292 g/mol. The summed E-state index contributed by atoms with van der Waals surface area (Å²) >= 11 is 5.88. The van der Waals surface area contributed by atoms with Crippen LogP contribution in [0.1, 0.15) is 23.9 Å². The lowest BCUT2D eigenvalue weighted by Crippen LogP contribution is -2.24. The van der Waals surface area contributed by atoms with E-state index >= 15 is 0 Å². The Morgan fingerprint density at radius 1 is 1.35 bits per heavy atom. The molecule has 0 radical (unpaired) electrons. The molecule has 20 heavy (non-hydrogen) atoms. The maximum absolute atomic E-state index is 6.21. The molecule has 4 nitrogen and oxygen atoms in total. The number of rotatable bonds is 6. The van der Waals surface area contributed by atoms with Crippen LogP contribution in [-0.2, 0) is 13.6 Å². The number of imidazole rings is 1. The number of halogens is 1. The van der Waals surface area contributed by atoms with Crippen LogP contribution in [0.2, 0.25) is 5.02 Å². The fourth-order valence-corrected chi connectivity index (χ4v) is 2.23. The van der Waals surface area contributed by atoms with E-state index in [-0.39, 0.29) is 6.04 Å². The van der Waals surface area contributed by atoms with Gasteiger partial charge in [0, 0.05) is 37.1 Å². The number of nitrogens with zero attached hydrogens (tertiary/aromatic N) is 3. The smallest absolute Gasteiger partial charge is 0.122 e. The van der Waals surface area contributed by atoms with Gasteiger partial charge in [0.15, 0.2) is 0 Å². The SMILES string of the molecule is CN(CCC(N)c1ccc(Cl)cc1)Cc1nccn1C. The number of hydrogen-bond donors (Lipinski definition) is 1. The van der Waals surface area contributed by atoms with Crippen LogP contribution in [0.25, 0.3) is 0 Å². The van der Waals surface area contributed by atoms with E-state index in [1.807, 2.05) is 48.3 Å². The number of aryl methyl sites for hydroxylation is 1. The van der Waals surface area contributed by atoms with E-state index in [0.717, 1.165) is 35.9 Å². The van der Waals surface area contributed by atoms with Gasteiger partial charge in [-0.25, -0.2) is 4.98 Å². The molecule has 0 amide bonds. The quantitative estimate of drug-likeness (QED) is 0.890. The van der Waals surface area contributed by atoms with Crippen LogP contribution in [0, 0.1) is 0 Å². The minimum atomic E-state index is 0.0380. The Labute approximate surface area is 125 Å². The first-order valence-electron chi connectivity index (χ1n) is 6.72. The summed E-state index contributed by atoms with van der Waals surface area (Å²) in [6, 6.07) is 7.79. The van der Waals surface area contributed by atoms with Crippen LogP contribution in [0.4, 0.5) is 0 Å². The lowest BCUT2D eigenvalue weighted by Gasteiger charge is -2.19. The number of nitrogens with two attached hydrogens (primary N) is 1. The molecule has 0 spiro atoms. The highest BCUT2D eigenvalue weighted by molar-refractivity contribution is 6.30. The normalized spacial score (nSPS) is 12.8. The average molecular weight is 293 g/mol. The lowest BCUT2D eigenvalue weighted by molar-refractivity contribution is 0.301. The molecule has 108 valence electrons. The molecule has 0 fully saturated rings. The van der Waals surface area contributed by atoms with Gasteiger partial charge in [0.1, 0.15) is 5.82 Å². The topological polar surface area (TPSA) is 47.1 Å². The van der Waals surface area contributed by atoms with E-state index in [1.165, 1.54) is 0 Å². The second kappa shape index (κ2) is 6.88. The van der Waals surface area contributed by atoms with Crippen LogP contribution in [0.5, 0.6) is 0 Å². The highest BCUT2D eigenvalue weighted by Gasteiger charge is 2.09. The largest absolute Gasteiger partial charge is 0.337 e. The van der Waals surface area contributed by atoms with Crippen molar-refractivity contribution in [1.82, 2.24) is 14.5 Å². The molecule has 2 N–H and O–H groups in total. The molecule has 1 atom stereocenters. The third kappa shape index (κ3) is 4.07. The molecule has 0 aliphatic rings. The van der Waals surface area contributed by atoms with Crippen molar-refractivity contribution in [3.63, 3.8) is 0 Å². The van der Waals surface area contributed by atoms with Crippen molar-refractivity contribution in [1.29, 1.82) is 0 Å². The van der Waals surface area contributed by atoms with Gasteiger partial charge in [0.25, 0.3) is 0 Å². The van der Waals surface area contributed by atoms with Gasteiger partial charge in [-0.3, -0.25) is 4.90 Å². The van der Waals surface area contributed by atoms with Crippen molar-refractivity contribution in [3.8, 4) is 0 Å². The minimum absolute atomic E-state index is 0.0380. The van der Waals surface area contributed by atoms with E-state index in [9.17, 15) is 0 Å². The van der Waals surface area contributed by atoms with Crippen molar-refractivity contribution in [2.75, 3.05) is 13.6 Å². The highest BCUT2D eigenvalue weighted by atomic mass is 35.5. The summed E-state index contributed by atoms with van der Waals surface area (Å²) in [5, 5.41) is 0.743. The predicted molar refractivity (Wildman–Crippen MR) is 82.5 cm³/mol. The molecule has 1 aromatic heterocycles. The summed E-state index contributed by atoms with van der Waals surface area (Å²) in [4.78, 5) is 6.56. The van der Waals surface area contributed by atoms with Gasteiger partial charge < -0.3 is 10.3 Å². The van der Waals surface area contributed by atoms with E-state index in [4.69, 9.17) is 17.3 Å². The molecule has 0 aliphatic heterocycles. The van der Waals surface area contributed by atoms with Gasteiger partial charge in [-0.05, 0) is 31.2 Å². The molecule has 0 bridgehead atoms. The van der Waals surface area contributed by atoms with Gasteiger partial charge in [0.05, 0.1) is 6.54 Å². The first-order chi connectivity index (χ1) is 9.56. The molecule has 5 heteroatoms. The number of aromatic nitrogens is 2. The molecule has 0 aliphatic carbocycles. The maximum Gasteiger partial charge on any atom is 0.122 e. The molecule has 2 rings (SSSR count). The highest BCUT2D eigenvalue weighted by Crippen LogP contribution is 2.17. The minimum Gasteiger partial charge on any atom is -0.337 e. The van der Waals surface area contributed by atoms with E-state index < -0.39 is 0 Å². The Kier molecular flexibility index (Phi) is 5.17. The molecule has 0 saturated carbocycles. The Hall–Kier alpha value is -1.36. The zero-order valence-electron chi connectivity index (χ0n) is 12.0. The average Bonchev–Trinajstić information content (AvgIpc) is 2.82. The molecular formula is C15H21ClN4. The molecular weight excluding hydrogens is 272 g/mol. The van der Waals surface area contributed by atoms with Gasteiger partial charge in [-0.1, -0.05) is 23.7 Å². The van der Waals surface area contributed by atoms with Crippen LogP contribution in [0.3, 0.4) is 0 Å². The summed E-state index contributed by atoms with van der Waals surface area (Å²) in [5.41, 5.74) is 7.33. The Morgan fingerprint density at radius 2 is 2.05 bits per heavy atom. The fourth-order valence-electron chi connectivity index (χ4n) is 2.11. The molecule has 0 saturated heterocycles. The summed E-state index contributed by atoms with van der Waals surface area (Å²) in [6.07, 6.45) is 4.69. The number of hydrogen-bond acceptors (Lipinski definition) is 3. The van der Waals surface area contributed by atoms with Crippen molar-refractivity contribution >= 4 is 11.6 Å². The second-order valence-electron chi connectivity index (χ2n) is 5.14. The third-order valence-electron chi connectivity index (χ3n) is 3.45. The van der Waals surface area contributed by atoms with Gasteiger partial charge in [-0.2, -0.15) is 0 Å². The van der Waals surface area contributed by atoms with Crippen LogP contribution < -0.4 is 5.73 Å². The van der Waals surface area contributed by atoms with Gasteiger partial charge >= 0.3 is 0 Å². The Morgan fingerprint density at radius 3 is 2.65 bits per heavy atom. The van der Waals surface area contributed by atoms with E-state index in [1.54, 1.807) is 0 Å². The summed E-state index contributed by atoms with van der Waals surface area (Å²) in [5.74, 6) is 1.06. The van der Waals surface area contributed by atoms with Gasteiger partial charge in [0.2, 0.25) is 0 Å². The Balaban J connectivity index is 1.82. The van der Waals surface area contributed by atoms with Crippen molar-refractivity contribution in [3.05, 3.63) is 53.1 Å². The van der Waals surface area contributed by atoms with Crippen molar-refractivity contribution in [2.24, 2.45) is 12.8 Å². The first kappa shape index (κ1) is 15.0. The molecule has 1 aromatic carbocycles. The van der Waals surface area contributed by atoms with Crippen molar-refractivity contribution < 1.29 is 0 Å².